The Morgan fingerprint density at radius 2 is 2.69 bits per heavy atom. The van der Waals surface area contributed by atoms with E-state index >= 15 is 0 Å². The maximum absolute atomic E-state index is 3.99. The summed E-state index contributed by atoms with van der Waals surface area (Å²) < 4.78 is 0. The summed E-state index contributed by atoms with van der Waals surface area (Å²) in [5.74, 6) is 1.29. The highest BCUT2D eigenvalue weighted by Gasteiger charge is 2.22. The van der Waals surface area contributed by atoms with E-state index in [4.69, 9.17) is 0 Å². The number of nitrogens with one attached hydrogen (secondary N) is 2. The van der Waals surface area contributed by atoms with Crippen molar-refractivity contribution >= 4 is 11.8 Å². The minimum absolute atomic E-state index is 0.674. The molecule has 2 N–H and O–H groups in total. The molecule has 4 heteroatoms. The highest BCUT2D eigenvalue weighted by atomic mass is 32.2. The van der Waals surface area contributed by atoms with Crippen molar-refractivity contribution in [3.8, 4) is 0 Å². The molecule has 0 saturated carbocycles. The topological polar surface area (TPSA) is 40.7 Å². The minimum atomic E-state index is 0.674. The predicted octanol–water partition coefficient (Wildman–Crippen LogP) is 1.39. The second-order valence-corrected chi connectivity index (χ2v) is 4.91. The Morgan fingerprint density at radius 1 is 1.77 bits per heavy atom. The van der Waals surface area contributed by atoms with Gasteiger partial charge in [0.15, 0.2) is 0 Å². The van der Waals surface area contributed by atoms with Crippen LogP contribution in [-0.4, -0.2) is 27.0 Å². The van der Waals surface area contributed by atoms with Gasteiger partial charge in [0, 0.05) is 29.7 Å². The molecule has 0 amide bonds. The van der Waals surface area contributed by atoms with Crippen LogP contribution in [-0.2, 0) is 6.54 Å². The van der Waals surface area contributed by atoms with E-state index < -0.39 is 0 Å². The van der Waals surface area contributed by atoms with E-state index in [9.17, 15) is 0 Å². The summed E-state index contributed by atoms with van der Waals surface area (Å²) in [6.45, 7) is 3.21. The normalized spacial score (nSPS) is 28.1. The monoisotopic (exact) mass is 197 g/mol. The number of aromatic nitrogens is 2. The van der Waals surface area contributed by atoms with Gasteiger partial charge in [-0.15, -0.1) is 0 Å². The predicted molar refractivity (Wildman–Crippen MR) is 55.8 cm³/mol. The van der Waals surface area contributed by atoms with Gasteiger partial charge in [0.1, 0.15) is 0 Å². The molecular weight excluding hydrogens is 182 g/mol. The molecule has 1 fully saturated rings. The third kappa shape index (κ3) is 2.25. The molecule has 1 aromatic heterocycles. The number of nitrogens with zero attached hydrogens (tertiary/aromatic N) is 1. The number of hydrogen-bond acceptors (Lipinski definition) is 3. The Labute approximate surface area is 82.7 Å². The second-order valence-electron chi connectivity index (χ2n) is 3.43. The number of aromatic amines is 1. The zero-order chi connectivity index (χ0) is 9.10. The minimum Gasteiger partial charge on any atom is -0.347 e. The van der Waals surface area contributed by atoms with Crippen LogP contribution in [0.2, 0.25) is 0 Å². The Balaban J connectivity index is 1.79. The lowest BCUT2D eigenvalue weighted by Crippen LogP contribution is -2.32. The van der Waals surface area contributed by atoms with Crippen LogP contribution < -0.4 is 5.32 Å². The third-order valence-corrected chi connectivity index (χ3v) is 3.81. The summed E-state index contributed by atoms with van der Waals surface area (Å²) in [4.78, 5) is 7.08. The van der Waals surface area contributed by atoms with Crippen LogP contribution in [0.1, 0.15) is 19.0 Å². The lowest BCUT2D eigenvalue weighted by Gasteiger charge is -2.15. The highest BCUT2D eigenvalue weighted by Crippen LogP contribution is 2.26. The Bertz CT molecular complexity index is 247. The van der Waals surface area contributed by atoms with Crippen molar-refractivity contribution in [2.45, 2.75) is 31.2 Å². The van der Waals surface area contributed by atoms with Crippen molar-refractivity contribution in [3.63, 3.8) is 0 Å². The first-order valence-corrected chi connectivity index (χ1v) is 5.73. The molecular formula is C9H15N3S. The van der Waals surface area contributed by atoms with Gasteiger partial charge in [-0.2, -0.15) is 11.8 Å². The number of H-pyrrole nitrogens is 1. The summed E-state index contributed by atoms with van der Waals surface area (Å²) in [5.41, 5.74) is 1.17. The van der Waals surface area contributed by atoms with E-state index in [-0.39, 0.29) is 0 Å². The van der Waals surface area contributed by atoms with Crippen molar-refractivity contribution in [2.75, 3.05) is 5.75 Å². The van der Waals surface area contributed by atoms with Gasteiger partial charge in [-0.3, -0.25) is 0 Å². The number of thioether (sulfide) groups is 1. The van der Waals surface area contributed by atoms with Crippen LogP contribution in [0.5, 0.6) is 0 Å². The maximum atomic E-state index is 3.99. The van der Waals surface area contributed by atoms with Crippen LogP contribution in [0.15, 0.2) is 12.5 Å². The SMILES string of the molecule is CC1SCCC1NCc1cnc[nH]1. The summed E-state index contributed by atoms with van der Waals surface area (Å²) in [5, 5.41) is 4.29. The molecule has 72 valence electrons. The molecule has 1 aromatic rings. The van der Waals surface area contributed by atoms with Crippen LogP contribution >= 0.6 is 11.8 Å². The van der Waals surface area contributed by atoms with E-state index in [2.05, 4.69) is 34.0 Å². The first-order chi connectivity index (χ1) is 6.36. The van der Waals surface area contributed by atoms with Crippen molar-refractivity contribution in [2.24, 2.45) is 0 Å². The maximum Gasteiger partial charge on any atom is 0.0922 e. The molecule has 1 aliphatic heterocycles. The fraction of sp³-hybridized carbons (Fsp3) is 0.667. The smallest absolute Gasteiger partial charge is 0.0922 e. The first kappa shape index (κ1) is 9.09. The zero-order valence-electron chi connectivity index (χ0n) is 7.79. The summed E-state index contributed by atoms with van der Waals surface area (Å²) in [7, 11) is 0. The van der Waals surface area contributed by atoms with E-state index in [0.717, 1.165) is 11.8 Å². The van der Waals surface area contributed by atoms with Crippen molar-refractivity contribution in [1.82, 2.24) is 15.3 Å². The largest absolute Gasteiger partial charge is 0.347 e. The van der Waals surface area contributed by atoms with Gasteiger partial charge in [-0.1, -0.05) is 6.92 Å². The molecule has 2 heterocycles. The van der Waals surface area contributed by atoms with Crippen LogP contribution in [0.3, 0.4) is 0 Å². The van der Waals surface area contributed by atoms with E-state index in [1.54, 1.807) is 6.33 Å². The number of rotatable bonds is 3. The Kier molecular flexibility index (Phi) is 2.90. The molecule has 3 nitrogen and oxygen atoms in total. The van der Waals surface area contributed by atoms with Gasteiger partial charge in [-0.25, -0.2) is 4.98 Å². The van der Waals surface area contributed by atoms with Crippen LogP contribution in [0, 0.1) is 0 Å². The average Bonchev–Trinajstić information content (AvgIpc) is 2.72. The molecule has 0 aromatic carbocycles. The zero-order valence-corrected chi connectivity index (χ0v) is 8.60. The first-order valence-electron chi connectivity index (χ1n) is 4.68. The molecule has 13 heavy (non-hydrogen) atoms. The summed E-state index contributed by atoms with van der Waals surface area (Å²) >= 11 is 2.05. The lowest BCUT2D eigenvalue weighted by molar-refractivity contribution is 0.509. The van der Waals surface area contributed by atoms with Gasteiger partial charge in [0.25, 0.3) is 0 Å². The molecule has 0 aliphatic carbocycles. The van der Waals surface area contributed by atoms with Crippen molar-refractivity contribution in [1.29, 1.82) is 0 Å². The Morgan fingerprint density at radius 3 is 3.31 bits per heavy atom. The molecule has 2 atom stereocenters. The molecule has 2 unspecified atom stereocenters. The van der Waals surface area contributed by atoms with Gasteiger partial charge in [0.2, 0.25) is 0 Å². The summed E-state index contributed by atoms with van der Waals surface area (Å²) in [6.07, 6.45) is 4.89. The fourth-order valence-corrected chi connectivity index (χ4v) is 2.85. The van der Waals surface area contributed by atoms with Crippen molar-refractivity contribution < 1.29 is 0 Å². The fourth-order valence-electron chi connectivity index (χ4n) is 1.62. The molecule has 0 bridgehead atoms. The molecule has 0 spiro atoms. The Hall–Kier alpha value is -0.480. The molecule has 1 saturated heterocycles. The van der Waals surface area contributed by atoms with E-state index in [1.807, 2.05) is 6.20 Å². The third-order valence-electron chi connectivity index (χ3n) is 2.49. The standard InChI is InChI=1S/C9H15N3S/c1-7-9(2-3-13-7)11-5-8-4-10-6-12-8/h4,6-7,9,11H,2-3,5H2,1H3,(H,10,12). The summed E-state index contributed by atoms with van der Waals surface area (Å²) in [6, 6.07) is 0.674. The molecule has 0 radical (unpaired) electrons. The van der Waals surface area contributed by atoms with Crippen molar-refractivity contribution in [3.05, 3.63) is 18.2 Å². The molecule has 1 aliphatic rings. The van der Waals surface area contributed by atoms with Gasteiger partial charge >= 0.3 is 0 Å². The average molecular weight is 197 g/mol. The quantitative estimate of drug-likeness (QED) is 0.769. The lowest BCUT2D eigenvalue weighted by atomic mass is 10.2. The highest BCUT2D eigenvalue weighted by molar-refractivity contribution is 8.00. The second kappa shape index (κ2) is 4.15. The van der Waals surface area contributed by atoms with E-state index in [0.29, 0.717) is 6.04 Å². The number of hydrogen-bond donors (Lipinski definition) is 2. The number of imidazole rings is 1. The van der Waals surface area contributed by atoms with Gasteiger partial charge < -0.3 is 10.3 Å². The van der Waals surface area contributed by atoms with Gasteiger partial charge in [0.05, 0.1) is 6.33 Å². The van der Waals surface area contributed by atoms with Crippen LogP contribution in [0.4, 0.5) is 0 Å². The van der Waals surface area contributed by atoms with Gasteiger partial charge in [-0.05, 0) is 12.2 Å². The van der Waals surface area contributed by atoms with Crippen LogP contribution in [0.25, 0.3) is 0 Å². The van der Waals surface area contributed by atoms with E-state index in [1.165, 1.54) is 17.9 Å². The molecule has 2 rings (SSSR count).